The van der Waals surface area contributed by atoms with Crippen molar-refractivity contribution in [1.29, 1.82) is 0 Å². The van der Waals surface area contributed by atoms with E-state index in [-0.39, 0.29) is 11.7 Å². The second kappa shape index (κ2) is 4.33. The Morgan fingerprint density at radius 2 is 2.11 bits per heavy atom. The third-order valence-electron chi connectivity index (χ3n) is 3.36. The molecule has 92 valence electrons. The number of fused-ring (bicyclic) bond motifs is 1. The summed E-state index contributed by atoms with van der Waals surface area (Å²) in [4.78, 5) is 12.5. The predicted molar refractivity (Wildman–Crippen MR) is 67.1 cm³/mol. The Balaban J connectivity index is 2.00. The quantitative estimate of drug-likeness (QED) is 0.758. The number of aryl methyl sites for hydroxylation is 1. The van der Waals surface area contributed by atoms with Crippen LogP contribution in [-0.4, -0.2) is 12.4 Å². The molecule has 0 spiro atoms. The topological polar surface area (TPSA) is 39.4 Å². The summed E-state index contributed by atoms with van der Waals surface area (Å²) in [5.74, 6) is 1.18. The van der Waals surface area contributed by atoms with Crippen molar-refractivity contribution >= 4 is 5.78 Å². The third kappa shape index (κ3) is 1.72. The number of hydrogen-bond donors (Lipinski definition) is 0. The first-order valence-electron chi connectivity index (χ1n) is 6.07. The molecule has 3 rings (SSSR count). The lowest BCUT2D eigenvalue weighted by atomic mass is 9.88. The number of Topliss-reactive ketones (excluding diaryl/α,β-unsaturated/α-hetero) is 1. The predicted octanol–water partition coefficient (Wildman–Crippen LogP) is 3.34. The molecule has 3 heteroatoms. The number of rotatable bonds is 2. The average molecular weight is 242 g/mol. The molecule has 1 atom stereocenters. The highest BCUT2D eigenvalue weighted by Crippen LogP contribution is 2.36. The van der Waals surface area contributed by atoms with Crippen LogP contribution in [0, 0.1) is 6.92 Å². The number of ether oxygens (including phenoxy) is 1. The van der Waals surface area contributed by atoms with Gasteiger partial charge in [-0.15, -0.1) is 0 Å². The molecule has 0 saturated heterocycles. The minimum Gasteiger partial charge on any atom is -0.493 e. The molecule has 2 aromatic rings. The van der Waals surface area contributed by atoms with Gasteiger partial charge in [-0.05, 0) is 31.0 Å². The van der Waals surface area contributed by atoms with E-state index < -0.39 is 0 Å². The molecule has 1 aliphatic heterocycles. The van der Waals surface area contributed by atoms with Crippen molar-refractivity contribution in [2.75, 3.05) is 6.61 Å². The van der Waals surface area contributed by atoms with E-state index in [9.17, 15) is 4.79 Å². The van der Waals surface area contributed by atoms with Gasteiger partial charge in [0.2, 0.25) is 5.78 Å². The van der Waals surface area contributed by atoms with Gasteiger partial charge in [0.15, 0.2) is 5.76 Å². The normalized spacial score (nSPS) is 17.9. The summed E-state index contributed by atoms with van der Waals surface area (Å²) in [6, 6.07) is 9.53. The summed E-state index contributed by atoms with van der Waals surface area (Å²) in [6.07, 6.45) is 2.27. The number of carbonyl (C=O) groups is 1. The van der Waals surface area contributed by atoms with E-state index in [1.54, 1.807) is 6.26 Å². The summed E-state index contributed by atoms with van der Waals surface area (Å²) in [6.45, 7) is 2.47. The van der Waals surface area contributed by atoms with Crippen molar-refractivity contribution in [3.05, 3.63) is 53.5 Å². The molecule has 0 fully saturated rings. The maximum atomic E-state index is 12.5. The summed E-state index contributed by atoms with van der Waals surface area (Å²) in [5, 5.41) is 0. The fraction of sp³-hybridized carbons (Fsp3) is 0.267. The van der Waals surface area contributed by atoms with E-state index in [2.05, 4.69) is 0 Å². The lowest BCUT2D eigenvalue weighted by molar-refractivity contribution is 0.0904. The number of furan rings is 1. The molecule has 0 amide bonds. The van der Waals surface area contributed by atoms with Gasteiger partial charge in [-0.2, -0.15) is 0 Å². The number of carbonyl (C=O) groups excluding carboxylic acids is 1. The summed E-state index contributed by atoms with van der Waals surface area (Å²) in [7, 11) is 0. The van der Waals surface area contributed by atoms with Gasteiger partial charge in [-0.1, -0.05) is 18.2 Å². The molecule has 1 aliphatic rings. The fourth-order valence-electron chi connectivity index (χ4n) is 2.40. The van der Waals surface area contributed by atoms with Crippen LogP contribution in [0.4, 0.5) is 0 Å². The van der Waals surface area contributed by atoms with Crippen molar-refractivity contribution < 1.29 is 13.9 Å². The zero-order valence-corrected chi connectivity index (χ0v) is 10.2. The van der Waals surface area contributed by atoms with E-state index in [1.807, 2.05) is 37.3 Å². The molecular weight excluding hydrogens is 228 g/mol. The Morgan fingerprint density at radius 3 is 2.89 bits per heavy atom. The Morgan fingerprint density at radius 1 is 1.28 bits per heavy atom. The lowest BCUT2D eigenvalue weighted by Gasteiger charge is -2.24. The number of benzene rings is 1. The van der Waals surface area contributed by atoms with Crippen LogP contribution in [0.25, 0.3) is 0 Å². The van der Waals surface area contributed by atoms with Gasteiger partial charge in [-0.25, -0.2) is 0 Å². The van der Waals surface area contributed by atoms with Crippen LogP contribution in [0.2, 0.25) is 0 Å². The second-order valence-corrected chi connectivity index (χ2v) is 4.52. The Bertz CT molecular complexity index is 583. The Hall–Kier alpha value is -2.03. The summed E-state index contributed by atoms with van der Waals surface area (Å²) < 4.78 is 10.9. The molecule has 1 aromatic heterocycles. The van der Waals surface area contributed by atoms with Gasteiger partial charge in [0.25, 0.3) is 0 Å². The largest absolute Gasteiger partial charge is 0.493 e. The summed E-state index contributed by atoms with van der Waals surface area (Å²) >= 11 is 0. The molecule has 18 heavy (non-hydrogen) atoms. The molecule has 2 heterocycles. The maximum absolute atomic E-state index is 12.5. The minimum absolute atomic E-state index is 0.0493. The standard InChI is InChI=1S/C15H14O3/c1-10-6-8-18-15(10)14(16)12-7-9-17-13-5-3-2-4-11(12)13/h2-6,8,12H,7,9H2,1H3. The van der Waals surface area contributed by atoms with Crippen molar-refractivity contribution in [2.24, 2.45) is 0 Å². The first-order chi connectivity index (χ1) is 8.77. The van der Waals surface area contributed by atoms with Gasteiger partial charge in [0.1, 0.15) is 5.75 Å². The van der Waals surface area contributed by atoms with Gasteiger partial charge >= 0.3 is 0 Å². The van der Waals surface area contributed by atoms with Crippen molar-refractivity contribution in [2.45, 2.75) is 19.3 Å². The highest BCUT2D eigenvalue weighted by atomic mass is 16.5. The lowest BCUT2D eigenvalue weighted by Crippen LogP contribution is -2.21. The zero-order chi connectivity index (χ0) is 12.5. The third-order valence-corrected chi connectivity index (χ3v) is 3.36. The van der Waals surface area contributed by atoms with Crippen LogP contribution < -0.4 is 4.74 Å². The van der Waals surface area contributed by atoms with E-state index >= 15 is 0 Å². The maximum Gasteiger partial charge on any atom is 0.205 e. The van der Waals surface area contributed by atoms with Gasteiger partial charge in [-0.3, -0.25) is 4.79 Å². The molecule has 1 unspecified atom stereocenters. The Kier molecular flexibility index (Phi) is 2.67. The van der Waals surface area contributed by atoms with Gasteiger partial charge in [0.05, 0.1) is 18.8 Å². The SMILES string of the molecule is Cc1ccoc1C(=O)C1CCOc2ccccc21. The van der Waals surface area contributed by atoms with Crippen molar-refractivity contribution in [1.82, 2.24) is 0 Å². The molecular formula is C15H14O3. The van der Waals surface area contributed by atoms with Gasteiger partial charge < -0.3 is 9.15 Å². The Labute approximate surface area is 105 Å². The monoisotopic (exact) mass is 242 g/mol. The molecule has 0 radical (unpaired) electrons. The molecule has 3 nitrogen and oxygen atoms in total. The molecule has 1 aromatic carbocycles. The second-order valence-electron chi connectivity index (χ2n) is 4.52. The van der Waals surface area contributed by atoms with E-state index in [0.29, 0.717) is 18.8 Å². The molecule has 0 aliphatic carbocycles. The van der Waals surface area contributed by atoms with E-state index in [1.165, 1.54) is 0 Å². The summed E-state index contributed by atoms with van der Waals surface area (Å²) in [5.41, 5.74) is 1.86. The van der Waals surface area contributed by atoms with Crippen molar-refractivity contribution in [3.63, 3.8) is 0 Å². The van der Waals surface area contributed by atoms with E-state index in [4.69, 9.17) is 9.15 Å². The van der Waals surface area contributed by atoms with Crippen LogP contribution in [-0.2, 0) is 0 Å². The number of ketones is 1. The smallest absolute Gasteiger partial charge is 0.205 e. The highest BCUT2D eigenvalue weighted by molar-refractivity contribution is 6.00. The van der Waals surface area contributed by atoms with Crippen LogP contribution in [0.1, 0.15) is 34.0 Å². The molecule has 0 saturated carbocycles. The van der Waals surface area contributed by atoms with Gasteiger partial charge in [0, 0.05) is 5.56 Å². The van der Waals surface area contributed by atoms with Crippen LogP contribution in [0.3, 0.4) is 0 Å². The number of para-hydroxylation sites is 1. The minimum atomic E-state index is -0.153. The molecule has 0 bridgehead atoms. The van der Waals surface area contributed by atoms with E-state index in [0.717, 1.165) is 16.9 Å². The zero-order valence-electron chi connectivity index (χ0n) is 10.2. The number of hydrogen-bond acceptors (Lipinski definition) is 3. The highest BCUT2D eigenvalue weighted by Gasteiger charge is 2.30. The van der Waals surface area contributed by atoms with Crippen molar-refractivity contribution in [3.8, 4) is 5.75 Å². The first kappa shape index (κ1) is 11.1. The van der Waals surface area contributed by atoms with Crippen LogP contribution in [0.5, 0.6) is 5.75 Å². The van der Waals surface area contributed by atoms with Crippen LogP contribution >= 0.6 is 0 Å². The fourth-order valence-corrected chi connectivity index (χ4v) is 2.40. The molecule has 0 N–H and O–H groups in total. The van der Waals surface area contributed by atoms with Crippen LogP contribution in [0.15, 0.2) is 41.0 Å². The average Bonchev–Trinajstić information content (AvgIpc) is 2.83. The first-order valence-corrected chi connectivity index (χ1v) is 6.07.